The lowest BCUT2D eigenvalue weighted by Crippen LogP contribution is -2.51. The van der Waals surface area contributed by atoms with Gasteiger partial charge in [-0.2, -0.15) is 0 Å². The molecule has 7 nitrogen and oxygen atoms in total. The average molecular weight is 372 g/mol. The van der Waals surface area contributed by atoms with Gasteiger partial charge in [0.1, 0.15) is 23.7 Å². The molecule has 1 aliphatic rings. The predicted octanol–water partition coefficient (Wildman–Crippen LogP) is 2.88. The van der Waals surface area contributed by atoms with Gasteiger partial charge in [0.05, 0.1) is 17.7 Å². The lowest BCUT2D eigenvalue weighted by atomic mass is 9.98. The molecule has 7 heteroatoms. The van der Waals surface area contributed by atoms with Crippen molar-refractivity contribution in [3.05, 3.63) is 46.8 Å². The van der Waals surface area contributed by atoms with Crippen LogP contribution in [-0.4, -0.2) is 39.1 Å². The lowest BCUT2D eigenvalue weighted by molar-refractivity contribution is -0.155. The molecule has 1 N–H and O–H groups in total. The minimum absolute atomic E-state index is 0.165. The Morgan fingerprint density at radius 3 is 2.59 bits per heavy atom. The van der Waals surface area contributed by atoms with Crippen LogP contribution in [0.15, 0.2) is 28.8 Å². The third-order valence-electron chi connectivity index (χ3n) is 5.25. The van der Waals surface area contributed by atoms with Crippen LogP contribution in [0.25, 0.3) is 0 Å². The third kappa shape index (κ3) is 3.82. The van der Waals surface area contributed by atoms with E-state index in [2.05, 4.69) is 5.16 Å². The van der Waals surface area contributed by atoms with E-state index >= 15 is 0 Å². The molecular formula is C20H24N2O5. The third-order valence-corrected chi connectivity index (χ3v) is 5.25. The molecule has 1 unspecified atom stereocenters. The number of carboxylic acid groups (broad SMARTS) is 1. The number of aromatic nitrogens is 1. The molecule has 1 aromatic heterocycles. The summed E-state index contributed by atoms with van der Waals surface area (Å²) in [6, 6.07) is 7.27. The molecule has 1 saturated heterocycles. The molecule has 2 heterocycles. The number of aliphatic carboxylic acids is 1. The van der Waals surface area contributed by atoms with Gasteiger partial charge in [-0.25, -0.2) is 4.79 Å². The number of hydrogen-bond acceptors (Lipinski definition) is 5. The van der Waals surface area contributed by atoms with Crippen molar-refractivity contribution < 1.29 is 24.0 Å². The minimum atomic E-state index is -1.10. The van der Waals surface area contributed by atoms with Gasteiger partial charge in [-0.15, -0.1) is 0 Å². The molecule has 1 fully saturated rings. The maximum atomic E-state index is 12.6. The molecule has 0 spiro atoms. The summed E-state index contributed by atoms with van der Waals surface area (Å²) in [7, 11) is 0. The summed E-state index contributed by atoms with van der Waals surface area (Å²) in [5.74, 6) is 0.308. The Labute approximate surface area is 157 Å². The van der Waals surface area contributed by atoms with Crippen molar-refractivity contribution in [1.82, 2.24) is 10.1 Å². The number of carbonyl (C=O) groups is 2. The number of carboxylic acids is 1. The van der Waals surface area contributed by atoms with E-state index in [1.165, 1.54) is 4.90 Å². The number of likely N-dealkylation sites (tertiary alicyclic amines) is 1. The number of rotatable bonds is 6. The highest BCUT2D eigenvalue weighted by Crippen LogP contribution is 2.30. The second-order valence-electron chi connectivity index (χ2n) is 7.14. The van der Waals surface area contributed by atoms with Crippen molar-refractivity contribution in [1.29, 1.82) is 0 Å². The molecule has 3 rings (SSSR count). The molecule has 2 aromatic rings. The van der Waals surface area contributed by atoms with Gasteiger partial charge in [-0.3, -0.25) is 4.79 Å². The maximum Gasteiger partial charge on any atom is 0.329 e. The maximum absolute atomic E-state index is 12.6. The van der Waals surface area contributed by atoms with Crippen LogP contribution in [0.5, 0.6) is 5.75 Å². The van der Waals surface area contributed by atoms with E-state index in [1.54, 1.807) is 19.1 Å². The summed E-state index contributed by atoms with van der Waals surface area (Å²) in [6.45, 7) is 6.18. The second kappa shape index (κ2) is 7.42. The number of ether oxygens (including phenoxy) is 1. The first-order chi connectivity index (χ1) is 12.8. The zero-order valence-electron chi connectivity index (χ0n) is 15.8. The van der Waals surface area contributed by atoms with E-state index in [0.29, 0.717) is 31.7 Å². The Hall–Kier alpha value is -2.83. The van der Waals surface area contributed by atoms with Crippen LogP contribution in [-0.2, 0) is 22.6 Å². The van der Waals surface area contributed by atoms with Crippen molar-refractivity contribution in [2.24, 2.45) is 0 Å². The highest BCUT2D eigenvalue weighted by atomic mass is 16.5. The summed E-state index contributed by atoms with van der Waals surface area (Å²) in [6.07, 6.45) is 1.37. The van der Waals surface area contributed by atoms with Crippen LogP contribution >= 0.6 is 0 Å². The molecule has 1 atom stereocenters. The van der Waals surface area contributed by atoms with Crippen molar-refractivity contribution >= 4 is 11.9 Å². The van der Waals surface area contributed by atoms with Crippen LogP contribution in [0.1, 0.15) is 42.3 Å². The fraction of sp³-hybridized carbons (Fsp3) is 0.450. The topological polar surface area (TPSA) is 92.9 Å². The fourth-order valence-corrected chi connectivity index (χ4v) is 3.42. The standard InChI is InChI=1S/C20H24N2O5/c1-13-17(14(2)27-21-13)12-26-16-7-5-15(6-8-16)11-18(23)22-10-4-9-20(22,3)19(24)25/h5-8H,4,9-12H2,1-3H3,(H,24,25). The Morgan fingerprint density at radius 2 is 2.00 bits per heavy atom. The summed E-state index contributed by atoms with van der Waals surface area (Å²) < 4.78 is 10.9. The average Bonchev–Trinajstić information content (AvgIpc) is 3.18. The number of amides is 1. The van der Waals surface area contributed by atoms with E-state index in [-0.39, 0.29) is 12.3 Å². The monoisotopic (exact) mass is 372 g/mol. The van der Waals surface area contributed by atoms with Gasteiger partial charge in [-0.05, 0) is 51.3 Å². The van der Waals surface area contributed by atoms with Crippen LogP contribution in [0.4, 0.5) is 0 Å². The second-order valence-corrected chi connectivity index (χ2v) is 7.14. The number of benzene rings is 1. The summed E-state index contributed by atoms with van der Waals surface area (Å²) in [5, 5.41) is 13.3. The van der Waals surface area contributed by atoms with Gasteiger partial charge in [0.2, 0.25) is 5.91 Å². The number of hydrogen-bond donors (Lipinski definition) is 1. The van der Waals surface area contributed by atoms with E-state index < -0.39 is 11.5 Å². The van der Waals surface area contributed by atoms with Gasteiger partial charge >= 0.3 is 5.97 Å². The molecule has 0 saturated carbocycles. The summed E-state index contributed by atoms with van der Waals surface area (Å²) >= 11 is 0. The minimum Gasteiger partial charge on any atom is -0.489 e. The van der Waals surface area contributed by atoms with Crippen molar-refractivity contribution in [3.63, 3.8) is 0 Å². The molecule has 1 amide bonds. The predicted molar refractivity (Wildman–Crippen MR) is 97.4 cm³/mol. The molecule has 1 aliphatic heterocycles. The number of aryl methyl sites for hydroxylation is 2. The Morgan fingerprint density at radius 1 is 1.30 bits per heavy atom. The molecule has 27 heavy (non-hydrogen) atoms. The van der Waals surface area contributed by atoms with Crippen molar-refractivity contribution in [3.8, 4) is 5.75 Å². The van der Waals surface area contributed by atoms with Gasteiger partial charge in [0.15, 0.2) is 0 Å². The largest absolute Gasteiger partial charge is 0.489 e. The zero-order valence-corrected chi connectivity index (χ0v) is 15.8. The van der Waals surface area contributed by atoms with Gasteiger partial charge in [-0.1, -0.05) is 17.3 Å². The first-order valence-corrected chi connectivity index (χ1v) is 8.98. The smallest absolute Gasteiger partial charge is 0.329 e. The zero-order chi connectivity index (χ0) is 19.6. The van der Waals surface area contributed by atoms with Crippen LogP contribution in [0.3, 0.4) is 0 Å². The SMILES string of the molecule is Cc1noc(C)c1COc1ccc(CC(=O)N2CCCC2(C)C(=O)O)cc1. The van der Waals surface area contributed by atoms with E-state index in [1.807, 2.05) is 26.0 Å². The first kappa shape index (κ1) is 18.9. The highest BCUT2D eigenvalue weighted by Gasteiger charge is 2.45. The molecule has 0 bridgehead atoms. The molecule has 0 aliphatic carbocycles. The van der Waals surface area contributed by atoms with Crippen LogP contribution in [0, 0.1) is 13.8 Å². The molecular weight excluding hydrogens is 348 g/mol. The van der Waals surface area contributed by atoms with E-state index in [0.717, 1.165) is 22.6 Å². The Kier molecular flexibility index (Phi) is 5.21. The van der Waals surface area contributed by atoms with Gasteiger partial charge in [0.25, 0.3) is 0 Å². The number of carbonyl (C=O) groups excluding carboxylic acids is 1. The molecule has 144 valence electrons. The Bertz CT molecular complexity index is 823. The Balaban J connectivity index is 1.61. The molecule has 0 radical (unpaired) electrons. The molecule has 1 aromatic carbocycles. The van der Waals surface area contributed by atoms with Gasteiger partial charge < -0.3 is 19.3 Å². The van der Waals surface area contributed by atoms with Crippen LogP contribution in [0.2, 0.25) is 0 Å². The lowest BCUT2D eigenvalue weighted by Gasteiger charge is -2.31. The van der Waals surface area contributed by atoms with Crippen LogP contribution < -0.4 is 4.74 Å². The van der Waals surface area contributed by atoms with E-state index in [9.17, 15) is 14.7 Å². The van der Waals surface area contributed by atoms with Gasteiger partial charge in [0, 0.05) is 6.54 Å². The first-order valence-electron chi connectivity index (χ1n) is 8.98. The summed E-state index contributed by atoms with van der Waals surface area (Å²) in [5.41, 5.74) is 1.46. The fourth-order valence-electron chi connectivity index (χ4n) is 3.42. The quantitative estimate of drug-likeness (QED) is 0.838. The highest BCUT2D eigenvalue weighted by molar-refractivity contribution is 5.88. The number of nitrogens with zero attached hydrogens (tertiary/aromatic N) is 2. The van der Waals surface area contributed by atoms with Crippen molar-refractivity contribution in [2.75, 3.05) is 6.54 Å². The normalized spacial score (nSPS) is 19.3. The van der Waals surface area contributed by atoms with Crippen molar-refractivity contribution in [2.45, 2.75) is 52.2 Å². The van der Waals surface area contributed by atoms with E-state index in [4.69, 9.17) is 9.26 Å². The summed E-state index contributed by atoms with van der Waals surface area (Å²) in [4.78, 5) is 25.6.